The Bertz CT molecular complexity index is 2890. The summed E-state index contributed by atoms with van der Waals surface area (Å²) in [6.07, 6.45) is 1.35. The van der Waals surface area contributed by atoms with E-state index >= 15 is 0 Å². The molecule has 354 valence electrons. The Hall–Kier alpha value is -7.04. The average Bonchev–Trinajstić information content (AvgIpc) is 4.05. The quantitative estimate of drug-likeness (QED) is 0.0730. The van der Waals surface area contributed by atoms with E-state index in [0.717, 1.165) is 0 Å². The van der Waals surface area contributed by atoms with Gasteiger partial charge in [-0.3, -0.25) is 48.9 Å². The van der Waals surface area contributed by atoms with Crippen molar-refractivity contribution in [1.82, 2.24) is 48.9 Å². The van der Waals surface area contributed by atoms with Crippen LogP contribution in [0.15, 0.2) is 30.3 Å². The third kappa shape index (κ3) is 9.77. The fraction of sp³-hybridized carbons (Fsp3) is 0.432. The number of halogens is 1. The molecule has 0 aliphatic carbocycles. The number of aromatic nitrogens is 8. The maximum Gasteiger partial charge on any atom is 0.277 e. The zero-order valence-electron chi connectivity index (χ0n) is 37.7. The number of amides is 5. The van der Waals surface area contributed by atoms with E-state index in [2.05, 4.69) is 26.1 Å². The van der Waals surface area contributed by atoms with E-state index in [0.29, 0.717) is 116 Å². The van der Waals surface area contributed by atoms with Gasteiger partial charge in [-0.15, -0.1) is 0 Å². The van der Waals surface area contributed by atoms with Crippen molar-refractivity contribution in [3.8, 4) is 11.5 Å². The maximum absolute atomic E-state index is 13.9. The Labute approximate surface area is 389 Å². The first-order chi connectivity index (χ1) is 32.2. The molecule has 0 unspecified atom stereocenters. The Balaban J connectivity index is 1.09. The average molecular weight is 941 g/mol. The predicted molar refractivity (Wildman–Crippen MR) is 247 cm³/mol. The van der Waals surface area contributed by atoms with Crippen LogP contribution in [0.5, 0.6) is 11.5 Å². The van der Waals surface area contributed by atoms with Crippen molar-refractivity contribution in [3.05, 3.63) is 69.3 Å². The third-order valence-corrected chi connectivity index (χ3v) is 12.1. The lowest BCUT2D eigenvalue weighted by Crippen LogP contribution is -2.43. The smallest absolute Gasteiger partial charge is 0.277 e. The van der Waals surface area contributed by atoms with Crippen molar-refractivity contribution in [3.63, 3.8) is 0 Å². The highest BCUT2D eigenvalue weighted by Crippen LogP contribution is 2.39. The van der Waals surface area contributed by atoms with Crippen LogP contribution in [0.4, 0.5) is 11.9 Å². The van der Waals surface area contributed by atoms with Gasteiger partial charge in [0.15, 0.2) is 0 Å². The summed E-state index contributed by atoms with van der Waals surface area (Å²) in [6.45, 7) is 11.9. The normalized spacial score (nSPS) is 14.9. The van der Waals surface area contributed by atoms with Crippen LogP contribution in [0.25, 0.3) is 22.1 Å². The summed E-state index contributed by atoms with van der Waals surface area (Å²) < 4.78 is 24.8. The molecule has 5 amide bonds. The van der Waals surface area contributed by atoms with Crippen LogP contribution in [0.3, 0.4) is 0 Å². The highest BCUT2D eigenvalue weighted by atomic mass is 35.5. The SMILES string of the molecule is CCn1nc(C)cc1C(=O)Nc1nc2cc(C(N)=O)cc(OCCCNC(=O)CN3CCOCC3)c2n1CCC[C@H]1COc2cc(C(N)=O)cc3nc(NC(=O)c4c(Cl)c(C)nn4CC)n1c23. The number of nitrogens with one attached hydrogen (secondary N) is 3. The first-order valence-electron chi connectivity index (χ1n) is 22.2. The topological polar surface area (TPSA) is 276 Å². The Morgan fingerprint density at radius 1 is 0.851 bits per heavy atom. The molecule has 1 fully saturated rings. The van der Waals surface area contributed by atoms with Crippen molar-refractivity contribution in [2.45, 2.75) is 72.6 Å². The van der Waals surface area contributed by atoms with Gasteiger partial charge in [-0.05, 0) is 77.3 Å². The van der Waals surface area contributed by atoms with E-state index in [1.807, 2.05) is 27.9 Å². The number of carbonyl (C=O) groups is 5. The number of imidazole rings is 2. The first-order valence-corrected chi connectivity index (χ1v) is 22.5. The van der Waals surface area contributed by atoms with Crippen molar-refractivity contribution in [2.24, 2.45) is 11.5 Å². The molecule has 6 heterocycles. The van der Waals surface area contributed by atoms with E-state index in [4.69, 9.17) is 47.2 Å². The minimum absolute atomic E-state index is 0.102. The first kappa shape index (κ1) is 46.5. The molecule has 67 heavy (non-hydrogen) atoms. The monoisotopic (exact) mass is 940 g/mol. The number of nitrogens with two attached hydrogens (primary N) is 2. The van der Waals surface area contributed by atoms with Gasteiger partial charge in [-0.1, -0.05) is 11.6 Å². The lowest BCUT2D eigenvalue weighted by atomic mass is 10.1. The zero-order chi connectivity index (χ0) is 47.5. The standard InChI is InChI=1S/C44H53ClN14O8/c1-5-57-31(17-24(3)53-57)41(63)51-43-49-29-18-26(39(46)61)20-32(66-14-8-10-48-34(60)22-55-12-15-65-16-13-55)36(29)56(43)11-7-9-28-23-67-33-21-27(40(47)62)19-30-37(33)59(28)44(50-30)52-42(64)38-35(45)25(4)54-58(38)6-2/h17-21,28H,5-16,22-23H2,1-4H3,(H2,46,61)(H2,47,62)(H,48,60)(H,49,51,63)(H,50,52,64)/t28-/m0/s1. The number of anilines is 2. The van der Waals surface area contributed by atoms with E-state index in [1.54, 1.807) is 48.9 Å². The number of rotatable bonds is 19. The molecule has 23 heteroatoms. The van der Waals surface area contributed by atoms with Gasteiger partial charge in [0, 0.05) is 50.4 Å². The molecule has 1 saturated heterocycles. The molecule has 0 bridgehead atoms. The summed E-state index contributed by atoms with van der Waals surface area (Å²) in [5, 5.41) is 17.9. The largest absolute Gasteiger partial charge is 0.491 e. The van der Waals surface area contributed by atoms with Crippen molar-refractivity contribution in [2.75, 3.05) is 63.2 Å². The zero-order valence-corrected chi connectivity index (χ0v) is 38.4. The number of nitrogens with zero attached hydrogens (tertiary/aromatic N) is 9. The number of ether oxygens (including phenoxy) is 3. The molecule has 0 spiro atoms. The number of fused-ring (bicyclic) bond motifs is 1. The second kappa shape index (κ2) is 19.8. The molecule has 4 aromatic heterocycles. The molecule has 8 rings (SSSR count). The number of primary amides is 2. The molecule has 6 aromatic rings. The molecule has 22 nitrogen and oxygen atoms in total. The molecular formula is C44H53ClN14O8. The number of hydrogen-bond donors (Lipinski definition) is 5. The molecule has 0 radical (unpaired) electrons. The summed E-state index contributed by atoms with van der Waals surface area (Å²) in [5.41, 5.74) is 15.3. The lowest BCUT2D eigenvalue weighted by Gasteiger charge is -2.27. The van der Waals surface area contributed by atoms with Gasteiger partial charge in [-0.25, -0.2) is 9.97 Å². The predicted octanol–water partition coefficient (Wildman–Crippen LogP) is 3.42. The Morgan fingerprint density at radius 3 is 2.25 bits per heavy atom. The summed E-state index contributed by atoms with van der Waals surface area (Å²) in [5.74, 6) is -1.38. The van der Waals surface area contributed by atoms with Crippen LogP contribution in [0.2, 0.25) is 5.02 Å². The fourth-order valence-corrected chi connectivity index (χ4v) is 8.67. The molecule has 2 aromatic carbocycles. The lowest BCUT2D eigenvalue weighted by molar-refractivity contribution is -0.123. The second-order valence-electron chi connectivity index (χ2n) is 16.3. The minimum atomic E-state index is -0.698. The van der Waals surface area contributed by atoms with Gasteiger partial charge < -0.3 is 40.1 Å². The number of benzene rings is 2. The van der Waals surface area contributed by atoms with E-state index < -0.39 is 29.7 Å². The van der Waals surface area contributed by atoms with Crippen LogP contribution >= 0.6 is 11.6 Å². The number of carbonyl (C=O) groups excluding carboxylic acids is 5. The van der Waals surface area contributed by atoms with E-state index in [1.165, 1.54) is 4.68 Å². The van der Waals surface area contributed by atoms with Gasteiger partial charge in [0.05, 0.1) is 59.9 Å². The highest BCUT2D eigenvalue weighted by molar-refractivity contribution is 6.34. The van der Waals surface area contributed by atoms with Gasteiger partial charge >= 0.3 is 0 Å². The fourth-order valence-electron chi connectivity index (χ4n) is 8.45. The van der Waals surface area contributed by atoms with Gasteiger partial charge in [0.1, 0.15) is 40.5 Å². The van der Waals surface area contributed by atoms with Crippen LogP contribution in [0.1, 0.15) is 92.2 Å². The van der Waals surface area contributed by atoms with E-state index in [-0.39, 0.29) is 66.0 Å². The molecule has 7 N–H and O–H groups in total. The summed E-state index contributed by atoms with van der Waals surface area (Å²) in [7, 11) is 0. The number of morpholine rings is 1. The highest BCUT2D eigenvalue weighted by Gasteiger charge is 2.31. The molecule has 2 aliphatic rings. The number of aryl methyl sites for hydroxylation is 5. The molecule has 1 atom stereocenters. The molecule has 2 aliphatic heterocycles. The van der Waals surface area contributed by atoms with Crippen molar-refractivity contribution >= 4 is 75.1 Å². The summed E-state index contributed by atoms with van der Waals surface area (Å²) in [6, 6.07) is 7.48. The van der Waals surface area contributed by atoms with Crippen LogP contribution < -0.4 is 36.9 Å². The van der Waals surface area contributed by atoms with E-state index in [9.17, 15) is 24.0 Å². The van der Waals surface area contributed by atoms with Crippen LogP contribution in [0, 0.1) is 13.8 Å². The molecular weight excluding hydrogens is 888 g/mol. The van der Waals surface area contributed by atoms with Crippen molar-refractivity contribution < 1.29 is 38.2 Å². The van der Waals surface area contributed by atoms with Crippen LogP contribution in [-0.2, 0) is 29.2 Å². The van der Waals surface area contributed by atoms with Gasteiger partial charge in [0.2, 0.25) is 29.6 Å². The van der Waals surface area contributed by atoms with Crippen LogP contribution in [-0.4, -0.2) is 126 Å². The van der Waals surface area contributed by atoms with Crippen molar-refractivity contribution in [1.29, 1.82) is 0 Å². The summed E-state index contributed by atoms with van der Waals surface area (Å²) >= 11 is 6.57. The van der Waals surface area contributed by atoms with Gasteiger partial charge in [0.25, 0.3) is 11.8 Å². The molecule has 0 saturated carbocycles. The minimum Gasteiger partial charge on any atom is -0.491 e. The van der Waals surface area contributed by atoms with Gasteiger partial charge in [-0.2, -0.15) is 10.2 Å². The summed E-state index contributed by atoms with van der Waals surface area (Å²) in [4.78, 5) is 77.0. The Kier molecular flexibility index (Phi) is 13.8. The second-order valence-corrected chi connectivity index (χ2v) is 16.7. The maximum atomic E-state index is 13.9. The third-order valence-electron chi connectivity index (χ3n) is 11.7. The number of hydrogen-bond acceptors (Lipinski definition) is 13. The Morgan fingerprint density at radius 2 is 1.54 bits per heavy atom.